The van der Waals surface area contributed by atoms with Gasteiger partial charge in [0.15, 0.2) is 0 Å². The van der Waals surface area contributed by atoms with Crippen molar-refractivity contribution in [2.45, 2.75) is 19.3 Å². The van der Waals surface area contributed by atoms with Gasteiger partial charge in [0.1, 0.15) is 0 Å². The predicted octanol–water partition coefficient (Wildman–Crippen LogP) is 0.832. The predicted molar refractivity (Wildman–Crippen MR) is 41.8 cm³/mol. The van der Waals surface area contributed by atoms with Crippen molar-refractivity contribution in [3.63, 3.8) is 0 Å². The van der Waals surface area contributed by atoms with E-state index in [2.05, 4.69) is 4.72 Å². The lowest BCUT2D eigenvalue weighted by Gasteiger charge is -2.24. The third-order valence-corrected chi connectivity index (χ3v) is 3.77. The van der Waals surface area contributed by atoms with Gasteiger partial charge in [0.25, 0.3) is 0 Å². The molecule has 9 heavy (non-hydrogen) atoms. The molecule has 1 fully saturated rings. The minimum Gasteiger partial charge on any atom is -0.323 e. The summed E-state index contributed by atoms with van der Waals surface area (Å²) in [6.07, 6.45) is 4.83. The third kappa shape index (κ3) is 2.26. The molecule has 1 saturated heterocycles. The van der Waals surface area contributed by atoms with Gasteiger partial charge in [-0.1, -0.05) is 6.42 Å². The van der Waals surface area contributed by atoms with Crippen LogP contribution in [0.25, 0.3) is 0 Å². The van der Waals surface area contributed by atoms with E-state index in [0.29, 0.717) is 0 Å². The second-order valence-corrected chi connectivity index (χ2v) is 4.53. The van der Waals surface area contributed by atoms with Crippen LogP contribution < -0.4 is 4.72 Å². The number of thiol groups is 1. The van der Waals surface area contributed by atoms with Crippen LogP contribution in [0.5, 0.6) is 0 Å². The maximum atomic E-state index is 9.98. The van der Waals surface area contributed by atoms with Crippen molar-refractivity contribution >= 4 is 17.5 Å². The summed E-state index contributed by atoms with van der Waals surface area (Å²) >= 11 is -0.0899. The van der Waals surface area contributed by atoms with Gasteiger partial charge in [0.2, 0.25) is 6.41 Å². The van der Waals surface area contributed by atoms with Gasteiger partial charge in [-0.15, -0.1) is 0 Å². The Balaban J connectivity index is 2.15. The molecule has 0 radical (unpaired) electrons. The maximum absolute atomic E-state index is 9.98. The van der Waals surface area contributed by atoms with Crippen LogP contribution in [-0.2, 0) is 4.79 Å². The molecule has 1 rings (SSSR count). The Kier molecular flexibility index (Phi) is 2.91. The zero-order valence-corrected chi connectivity index (χ0v) is 6.36. The number of carbonyl (C=O) groups is 1. The first-order valence-electron chi connectivity index (χ1n) is 3.38. The van der Waals surface area contributed by atoms with Crippen molar-refractivity contribution in [2.75, 3.05) is 11.5 Å². The van der Waals surface area contributed by atoms with Gasteiger partial charge in [-0.2, -0.15) is 11.1 Å². The molecule has 1 aliphatic heterocycles. The molecule has 0 bridgehead atoms. The van der Waals surface area contributed by atoms with Crippen LogP contribution in [0.15, 0.2) is 0 Å². The van der Waals surface area contributed by atoms with Gasteiger partial charge in [0.05, 0.1) is 0 Å². The van der Waals surface area contributed by atoms with Gasteiger partial charge in [-0.3, -0.25) is 4.79 Å². The molecule has 54 valence electrons. The first-order valence-corrected chi connectivity index (χ1v) is 5.09. The van der Waals surface area contributed by atoms with Gasteiger partial charge in [-0.25, -0.2) is 0 Å². The van der Waals surface area contributed by atoms with Crippen molar-refractivity contribution in [2.24, 2.45) is 0 Å². The van der Waals surface area contributed by atoms with Gasteiger partial charge < -0.3 is 4.72 Å². The van der Waals surface area contributed by atoms with E-state index in [0.717, 1.165) is 6.41 Å². The highest BCUT2D eigenvalue weighted by molar-refractivity contribution is 8.15. The van der Waals surface area contributed by atoms with Crippen molar-refractivity contribution < 1.29 is 4.79 Å². The molecule has 0 aromatic carbocycles. The molecule has 3 heteroatoms. The molecule has 0 aliphatic carbocycles. The molecular formula is C6H13NOS. The van der Waals surface area contributed by atoms with Crippen molar-refractivity contribution in [3.05, 3.63) is 0 Å². The molecule has 1 aliphatic rings. The number of amides is 1. The van der Waals surface area contributed by atoms with Crippen LogP contribution in [0, 0.1) is 0 Å². The second-order valence-electron chi connectivity index (χ2n) is 2.29. The van der Waals surface area contributed by atoms with E-state index in [4.69, 9.17) is 0 Å². The molecule has 0 aromatic rings. The molecule has 0 unspecified atom stereocenters. The molecule has 0 spiro atoms. The number of hydrogen-bond acceptors (Lipinski definition) is 1. The lowest BCUT2D eigenvalue weighted by Crippen LogP contribution is -2.15. The molecule has 1 N–H and O–H groups in total. The molecule has 2 nitrogen and oxygen atoms in total. The van der Waals surface area contributed by atoms with Crippen LogP contribution >= 0.6 is 11.1 Å². The average molecular weight is 147 g/mol. The lowest BCUT2D eigenvalue weighted by molar-refractivity contribution is -0.107. The first-order chi connectivity index (χ1) is 4.43. The SMILES string of the molecule is O=CN[SH]1CCCCC1. The van der Waals surface area contributed by atoms with Crippen molar-refractivity contribution in [1.82, 2.24) is 4.72 Å². The highest BCUT2D eigenvalue weighted by Gasteiger charge is 2.06. The fourth-order valence-corrected chi connectivity index (χ4v) is 2.94. The van der Waals surface area contributed by atoms with Gasteiger partial charge in [0, 0.05) is 0 Å². The Morgan fingerprint density at radius 1 is 1.22 bits per heavy atom. The van der Waals surface area contributed by atoms with E-state index < -0.39 is 0 Å². The Labute approximate surface area is 58.5 Å². The number of carbonyl (C=O) groups excluding carboxylic acids is 1. The third-order valence-electron chi connectivity index (χ3n) is 1.59. The summed E-state index contributed by atoms with van der Waals surface area (Å²) in [7, 11) is 0. The molecule has 1 amide bonds. The van der Waals surface area contributed by atoms with Crippen LogP contribution in [0.2, 0.25) is 0 Å². The lowest BCUT2D eigenvalue weighted by atomic mass is 10.3. The zero-order valence-electron chi connectivity index (χ0n) is 5.47. The minimum absolute atomic E-state index is 0.0899. The molecule has 0 saturated carbocycles. The Hall–Kier alpha value is -0.180. The number of hydrogen-bond donors (Lipinski definition) is 2. The Morgan fingerprint density at radius 3 is 2.44 bits per heavy atom. The largest absolute Gasteiger partial charge is 0.323 e. The van der Waals surface area contributed by atoms with Crippen molar-refractivity contribution in [1.29, 1.82) is 0 Å². The standard InChI is InChI=1S/C6H13NOS/c8-6-7-9-4-2-1-3-5-9/h6,9H,1-5H2,(H,7,8). The fourth-order valence-electron chi connectivity index (χ4n) is 1.10. The Morgan fingerprint density at radius 2 is 1.89 bits per heavy atom. The fraction of sp³-hybridized carbons (Fsp3) is 0.833. The van der Waals surface area contributed by atoms with E-state index in [-0.39, 0.29) is 11.1 Å². The summed E-state index contributed by atoms with van der Waals surface area (Å²) in [5.74, 6) is 2.49. The van der Waals surface area contributed by atoms with Crippen LogP contribution in [0.1, 0.15) is 19.3 Å². The maximum Gasteiger partial charge on any atom is 0.215 e. The highest BCUT2D eigenvalue weighted by atomic mass is 32.2. The van der Waals surface area contributed by atoms with Gasteiger partial charge >= 0.3 is 0 Å². The van der Waals surface area contributed by atoms with Gasteiger partial charge in [-0.05, 0) is 24.3 Å². The van der Waals surface area contributed by atoms with E-state index in [1.807, 2.05) is 0 Å². The topological polar surface area (TPSA) is 29.1 Å². The van der Waals surface area contributed by atoms with Crippen molar-refractivity contribution in [3.8, 4) is 0 Å². The van der Waals surface area contributed by atoms with E-state index in [9.17, 15) is 4.79 Å². The molecule has 0 aromatic heterocycles. The average Bonchev–Trinajstić information content (AvgIpc) is 1.91. The smallest absolute Gasteiger partial charge is 0.215 e. The van der Waals surface area contributed by atoms with Crippen LogP contribution in [0.4, 0.5) is 0 Å². The van der Waals surface area contributed by atoms with Crippen LogP contribution in [0.3, 0.4) is 0 Å². The summed E-state index contributed by atoms with van der Waals surface area (Å²) in [5, 5.41) is 0. The summed E-state index contributed by atoms with van der Waals surface area (Å²) < 4.78 is 2.87. The Bertz CT molecular complexity index is 91.1. The number of nitrogens with one attached hydrogen (secondary N) is 1. The molecular weight excluding hydrogens is 134 g/mol. The van der Waals surface area contributed by atoms with E-state index >= 15 is 0 Å². The first kappa shape index (κ1) is 6.93. The van der Waals surface area contributed by atoms with E-state index in [1.165, 1.54) is 30.8 Å². The summed E-state index contributed by atoms with van der Waals surface area (Å²) in [5.41, 5.74) is 0. The summed E-state index contributed by atoms with van der Waals surface area (Å²) in [6, 6.07) is 0. The minimum atomic E-state index is -0.0899. The monoisotopic (exact) mass is 147 g/mol. The quantitative estimate of drug-likeness (QED) is 0.439. The second kappa shape index (κ2) is 3.77. The molecule has 0 atom stereocenters. The zero-order chi connectivity index (χ0) is 6.53. The summed E-state index contributed by atoms with van der Waals surface area (Å²) in [6.45, 7) is 0. The number of rotatable bonds is 2. The normalized spacial score (nSPS) is 23.3. The highest BCUT2D eigenvalue weighted by Crippen LogP contribution is 2.27. The van der Waals surface area contributed by atoms with Crippen LogP contribution in [-0.4, -0.2) is 17.9 Å². The van der Waals surface area contributed by atoms with E-state index in [1.54, 1.807) is 0 Å². The summed E-state index contributed by atoms with van der Waals surface area (Å²) in [4.78, 5) is 9.98. The molecule has 1 heterocycles.